The molecule has 23 heavy (non-hydrogen) atoms. The van der Waals surface area contributed by atoms with Crippen LogP contribution >= 0.6 is 0 Å². The second-order valence-corrected chi connectivity index (χ2v) is 5.46. The van der Waals surface area contributed by atoms with Crippen molar-refractivity contribution >= 4 is 11.8 Å². The Kier molecular flexibility index (Phi) is 4.32. The second kappa shape index (κ2) is 6.56. The minimum absolute atomic E-state index is 0.176. The van der Waals surface area contributed by atoms with Gasteiger partial charge < -0.3 is 10.6 Å². The molecule has 0 atom stereocenters. The zero-order valence-corrected chi connectivity index (χ0v) is 12.4. The van der Waals surface area contributed by atoms with E-state index in [-0.39, 0.29) is 41.6 Å². The van der Waals surface area contributed by atoms with Crippen molar-refractivity contribution in [3.8, 4) is 0 Å². The summed E-state index contributed by atoms with van der Waals surface area (Å²) in [4.78, 5) is 28.2. The van der Waals surface area contributed by atoms with Gasteiger partial charge >= 0.3 is 0 Å². The predicted molar refractivity (Wildman–Crippen MR) is 82.3 cm³/mol. The zero-order chi connectivity index (χ0) is 16.2. The molecule has 0 radical (unpaired) electrons. The van der Waals surface area contributed by atoms with E-state index in [9.17, 15) is 14.0 Å². The third-order valence-electron chi connectivity index (χ3n) is 3.49. The fourth-order valence-electron chi connectivity index (χ4n) is 2.05. The van der Waals surface area contributed by atoms with Crippen molar-refractivity contribution in [3.63, 3.8) is 0 Å². The van der Waals surface area contributed by atoms with E-state index < -0.39 is 0 Å². The predicted octanol–water partition coefficient (Wildman–Crippen LogP) is 2.04. The van der Waals surface area contributed by atoms with Gasteiger partial charge in [0.25, 0.3) is 11.8 Å². The summed E-state index contributed by atoms with van der Waals surface area (Å²) in [7, 11) is 0. The highest BCUT2D eigenvalue weighted by molar-refractivity contribution is 5.96. The van der Waals surface area contributed by atoms with Crippen molar-refractivity contribution < 1.29 is 14.0 Å². The Hall–Kier alpha value is -2.76. The van der Waals surface area contributed by atoms with Crippen molar-refractivity contribution in [2.24, 2.45) is 0 Å². The number of nitrogens with one attached hydrogen (secondary N) is 2. The minimum Gasteiger partial charge on any atom is -0.348 e. The topological polar surface area (TPSA) is 71.1 Å². The number of pyridine rings is 1. The Bertz CT molecular complexity index is 727. The number of aromatic nitrogens is 1. The van der Waals surface area contributed by atoms with Gasteiger partial charge in [-0.05, 0) is 42.7 Å². The molecular weight excluding hydrogens is 297 g/mol. The largest absolute Gasteiger partial charge is 0.348 e. The molecule has 2 amide bonds. The van der Waals surface area contributed by atoms with E-state index in [0.29, 0.717) is 0 Å². The number of carbonyl (C=O) groups excluding carboxylic acids is 2. The number of hydrogen-bond acceptors (Lipinski definition) is 3. The maximum atomic E-state index is 12.8. The number of amides is 2. The van der Waals surface area contributed by atoms with Crippen molar-refractivity contribution in [3.05, 3.63) is 65.2 Å². The monoisotopic (exact) mass is 313 g/mol. The molecule has 6 heteroatoms. The van der Waals surface area contributed by atoms with Crippen LogP contribution in [0.15, 0.2) is 42.5 Å². The normalized spacial score (nSPS) is 13.4. The van der Waals surface area contributed by atoms with E-state index in [0.717, 1.165) is 18.4 Å². The maximum Gasteiger partial charge on any atom is 0.270 e. The van der Waals surface area contributed by atoms with Gasteiger partial charge in [0.05, 0.1) is 0 Å². The highest BCUT2D eigenvalue weighted by Crippen LogP contribution is 2.19. The van der Waals surface area contributed by atoms with Crippen molar-refractivity contribution in [2.75, 3.05) is 0 Å². The van der Waals surface area contributed by atoms with E-state index in [4.69, 9.17) is 0 Å². The smallest absolute Gasteiger partial charge is 0.270 e. The standard InChI is InChI=1S/C17H16FN3O2/c18-12-6-4-11(5-7-12)10-19-16(22)14-2-1-3-15(21-14)17(23)20-13-8-9-13/h1-7,13H,8-10H2,(H,19,22)(H,20,23). The van der Waals surface area contributed by atoms with Gasteiger partial charge in [0, 0.05) is 12.6 Å². The number of benzene rings is 1. The lowest BCUT2D eigenvalue weighted by atomic mass is 10.2. The van der Waals surface area contributed by atoms with Crippen molar-refractivity contribution in [1.82, 2.24) is 15.6 Å². The molecule has 1 saturated carbocycles. The van der Waals surface area contributed by atoms with Crippen LogP contribution in [0.4, 0.5) is 4.39 Å². The Morgan fingerprint density at radius 1 is 1.04 bits per heavy atom. The molecule has 2 N–H and O–H groups in total. The van der Waals surface area contributed by atoms with Gasteiger partial charge in [0.15, 0.2) is 0 Å². The van der Waals surface area contributed by atoms with Gasteiger partial charge in [0.1, 0.15) is 17.2 Å². The molecular formula is C17H16FN3O2. The first kappa shape index (κ1) is 15.1. The van der Waals surface area contributed by atoms with Gasteiger partial charge in [-0.2, -0.15) is 0 Å². The molecule has 1 fully saturated rings. The van der Waals surface area contributed by atoms with Gasteiger partial charge in [-0.25, -0.2) is 9.37 Å². The summed E-state index contributed by atoms with van der Waals surface area (Å²) in [5, 5.41) is 5.53. The van der Waals surface area contributed by atoms with Gasteiger partial charge in [0.2, 0.25) is 0 Å². The van der Waals surface area contributed by atoms with E-state index in [2.05, 4.69) is 15.6 Å². The summed E-state index contributed by atoms with van der Waals surface area (Å²) < 4.78 is 12.8. The molecule has 0 unspecified atom stereocenters. The molecule has 1 heterocycles. The Labute approximate surface area is 132 Å². The number of nitrogens with zero attached hydrogens (tertiary/aromatic N) is 1. The first-order valence-electron chi connectivity index (χ1n) is 7.42. The van der Waals surface area contributed by atoms with Crippen LogP contribution in [0.5, 0.6) is 0 Å². The van der Waals surface area contributed by atoms with E-state index in [1.54, 1.807) is 30.3 Å². The lowest BCUT2D eigenvalue weighted by molar-refractivity contribution is 0.0942. The lowest BCUT2D eigenvalue weighted by Gasteiger charge is -2.07. The molecule has 118 valence electrons. The average Bonchev–Trinajstić information content (AvgIpc) is 3.38. The van der Waals surface area contributed by atoms with Crippen molar-refractivity contribution in [2.45, 2.75) is 25.4 Å². The van der Waals surface area contributed by atoms with Crippen LogP contribution in [0.25, 0.3) is 0 Å². The molecule has 5 nitrogen and oxygen atoms in total. The van der Waals surface area contributed by atoms with Gasteiger partial charge in [-0.15, -0.1) is 0 Å². The number of hydrogen-bond donors (Lipinski definition) is 2. The summed E-state index contributed by atoms with van der Waals surface area (Å²) in [5.74, 6) is -0.966. The maximum absolute atomic E-state index is 12.8. The Morgan fingerprint density at radius 2 is 1.70 bits per heavy atom. The molecule has 0 saturated heterocycles. The highest BCUT2D eigenvalue weighted by Gasteiger charge is 2.24. The molecule has 0 spiro atoms. The van der Waals surface area contributed by atoms with Crippen LogP contribution in [0.1, 0.15) is 39.4 Å². The van der Waals surface area contributed by atoms with E-state index >= 15 is 0 Å². The lowest BCUT2D eigenvalue weighted by Crippen LogP contribution is -2.28. The molecule has 1 aliphatic rings. The zero-order valence-electron chi connectivity index (χ0n) is 12.4. The first-order valence-corrected chi connectivity index (χ1v) is 7.42. The number of carbonyl (C=O) groups is 2. The first-order chi connectivity index (χ1) is 11.1. The molecule has 0 aliphatic heterocycles. The van der Waals surface area contributed by atoms with Crippen molar-refractivity contribution in [1.29, 1.82) is 0 Å². The molecule has 1 aromatic carbocycles. The third kappa shape index (κ3) is 4.12. The second-order valence-electron chi connectivity index (χ2n) is 5.46. The van der Waals surface area contributed by atoms with Crippen LogP contribution in [0.2, 0.25) is 0 Å². The molecule has 1 aliphatic carbocycles. The third-order valence-corrected chi connectivity index (χ3v) is 3.49. The summed E-state index contributed by atoms with van der Waals surface area (Å²) in [5.41, 5.74) is 1.18. The summed E-state index contributed by atoms with van der Waals surface area (Å²) in [6, 6.07) is 10.9. The van der Waals surface area contributed by atoms with Crippen LogP contribution in [0, 0.1) is 5.82 Å². The van der Waals surface area contributed by atoms with Gasteiger partial charge in [-0.3, -0.25) is 9.59 Å². The SMILES string of the molecule is O=C(NCc1ccc(F)cc1)c1cccc(C(=O)NC2CC2)n1. The van der Waals surface area contributed by atoms with E-state index in [1.807, 2.05) is 0 Å². The molecule has 1 aromatic heterocycles. The van der Waals surface area contributed by atoms with Crippen LogP contribution in [-0.4, -0.2) is 22.8 Å². The molecule has 3 rings (SSSR count). The fourth-order valence-corrected chi connectivity index (χ4v) is 2.05. The number of rotatable bonds is 5. The molecule has 2 aromatic rings. The fraction of sp³-hybridized carbons (Fsp3) is 0.235. The molecule has 0 bridgehead atoms. The van der Waals surface area contributed by atoms with Crippen LogP contribution in [-0.2, 0) is 6.54 Å². The highest BCUT2D eigenvalue weighted by atomic mass is 19.1. The summed E-state index contributed by atoms with van der Waals surface area (Å²) in [6.07, 6.45) is 1.98. The Morgan fingerprint density at radius 3 is 2.35 bits per heavy atom. The Balaban J connectivity index is 1.62. The van der Waals surface area contributed by atoms with Gasteiger partial charge in [-0.1, -0.05) is 18.2 Å². The summed E-state index contributed by atoms with van der Waals surface area (Å²) >= 11 is 0. The minimum atomic E-state index is -0.379. The summed E-state index contributed by atoms with van der Waals surface area (Å²) in [6.45, 7) is 0.263. The van der Waals surface area contributed by atoms with E-state index in [1.165, 1.54) is 12.1 Å². The van der Waals surface area contributed by atoms with Crippen LogP contribution < -0.4 is 10.6 Å². The van der Waals surface area contributed by atoms with Crippen LogP contribution in [0.3, 0.4) is 0 Å². The quantitative estimate of drug-likeness (QED) is 0.887. The average molecular weight is 313 g/mol. The number of halogens is 1.